The van der Waals surface area contributed by atoms with Gasteiger partial charge in [0, 0.05) is 37.2 Å². The van der Waals surface area contributed by atoms with E-state index in [9.17, 15) is 0 Å². The Labute approximate surface area is 159 Å². The molecule has 1 aliphatic rings. The van der Waals surface area contributed by atoms with Crippen molar-refractivity contribution in [3.63, 3.8) is 0 Å². The molecule has 1 saturated heterocycles. The standard InChI is InChI=1S/C16H25BrN4.HI/c1-12(2)10-19-16(18-3)20-13-8-9-21(11-13)15-7-5-4-6-14(15)17;/h4-7,12-13H,8-11H2,1-3H3,(H2,18,19,20);1H. The Balaban J connectivity index is 0.00000242. The fraction of sp³-hybridized carbons (Fsp3) is 0.562. The quantitative estimate of drug-likeness (QED) is 0.393. The van der Waals surface area contributed by atoms with Crippen molar-refractivity contribution in [2.75, 3.05) is 31.6 Å². The van der Waals surface area contributed by atoms with Crippen LogP contribution in [-0.2, 0) is 0 Å². The summed E-state index contributed by atoms with van der Waals surface area (Å²) in [5.74, 6) is 1.52. The van der Waals surface area contributed by atoms with Gasteiger partial charge in [0.25, 0.3) is 0 Å². The summed E-state index contributed by atoms with van der Waals surface area (Å²) in [5, 5.41) is 6.89. The second kappa shape index (κ2) is 9.60. The molecule has 1 aromatic rings. The van der Waals surface area contributed by atoms with E-state index in [0.717, 1.165) is 36.5 Å². The molecule has 0 saturated carbocycles. The number of halogens is 2. The van der Waals surface area contributed by atoms with Crippen LogP contribution < -0.4 is 15.5 Å². The summed E-state index contributed by atoms with van der Waals surface area (Å²) in [7, 11) is 1.83. The molecule has 0 spiro atoms. The topological polar surface area (TPSA) is 39.7 Å². The van der Waals surface area contributed by atoms with Crippen molar-refractivity contribution < 1.29 is 0 Å². The molecule has 1 aliphatic heterocycles. The predicted octanol–water partition coefficient (Wildman–Crippen LogP) is 3.47. The van der Waals surface area contributed by atoms with E-state index >= 15 is 0 Å². The molecule has 4 nitrogen and oxygen atoms in total. The van der Waals surface area contributed by atoms with E-state index in [0.29, 0.717) is 12.0 Å². The van der Waals surface area contributed by atoms with Crippen molar-refractivity contribution in [1.29, 1.82) is 0 Å². The van der Waals surface area contributed by atoms with Crippen LogP contribution in [0.15, 0.2) is 33.7 Å². The highest BCUT2D eigenvalue weighted by atomic mass is 127. The summed E-state index contributed by atoms with van der Waals surface area (Å²) in [4.78, 5) is 6.72. The maximum absolute atomic E-state index is 4.31. The SMILES string of the molecule is CN=C(NCC(C)C)NC1CCN(c2ccccc2Br)C1.I. The molecular weight excluding hydrogens is 455 g/mol. The van der Waals surface area contributed by atoms with Gasteiger partial charge in [0.05, 0.1) is 5.69 Å². The third-order valence-electron chi connectivity index (χ3n) is 3.62. The zero-order chi connectivity index (χ0) is 15.2. The Morgan fingerprint density at radius 1 is 1.41 bits per heavy atom. The molecule has 1 unspecified atom stereocenters. The number of rotatable bonds is 4. The van der Waals surface area contributed by atoms with Crippen LogP contribution in [0.3, 0.4) is 0 Å². The average Bonchev–Trinajstić information content (AvgIpc) is 2.92. The molecule has 1 aromatic carbocycles. The molecule has 0 aliphatic carbocycles. The molecule has 0 radical (unpaired) electrons. The highest BCUT2D eigenvalue weighted by Crippen LogP contribution is 2.28. The van der Waals surface area contributed by atoms with E-state index < -0.39 is 0 Å². The largest absolute Gasteiger partial charge is 0.368 e. The molecular formula is C16H26BrIN4. The lowest BCUT2D eigenvalue weighted by Crippen LogP contribution is -2.45. The Morgan fingerprint density at radius 2 is 2.14 bits per heavy atom. The number of nitrogens with one attached hydrogen (secondary N) is 2. The fourth-order valence-corrected chi connectivity index (χ4v) is 3.03. The van der Waals surface area contributed by atoms with Crippen LogP contribution in [0.1, 0.15) is 20.3 Å². The summed E-state index contributed by atoms with van der Waals surface area (Å²) >= 11 is 3.63. The third-order valence-corrected chi connectivity index (χ3v) is 4.29. The fourth-order valence-electron chi connectivity index (χ4n) is 2.49. The van der Waals surface area contributed by atoms with E-state index in [2.05, 4.69) is 74.6 Å². The van der Waals surface area contributed by atoms with Gasteiger partial charge in [0.1, 0.15) is 0 Å². The lowest BCUT2D eigenvalue weighted by Gasteiger charge is -2.21. The zero-order valence-corrected chi connectivity index (χ0v) is 17.4. The number of benzene rings is 1. The van der Waals surface area contributed by atoms with Crippen molar-refractivity contribution in [2.24, 2.45) is 10.9 Å². The Kier molecular flexibility index (Phi) is 8.53. The first-order valence-corrected chi connectivity index (χ1v) is 8.36. The smallest absolute Gasteiger partial charge is 0.191 e. The minimum Gasteiger partial charge on any atom is -0.368 e. The van der Waals surface area contributed by atoms with Gasteiger partial charge in [0.2, 0.25) is 0 Å². The van der Waals surface area contributed by atoms with Crippen LogP contribution in [0.4, 0.5) is 5.69 Å². The molecule has 22 heavy (non-hydrogen) atoms. The monoisotopic (exact) mass is 480 g/mol. The predicted molar refractivity (Wildman–Crippen MR) is 110 cm³/mol. The van der Waals surface area contributed by atoms with Gasteiger partial charge in [-0.05, 0) is 40.4 Å². The van der Waals surface area contributed by atoms with Crippen molar-refractivity contribution in [1.82, 2.24) is 10.6 Å². The second-order valence-electron chi connectivity index (χ2n) is 5.87. The molecule has 2 rings (SSSR count). The van der Waals surface area contributed by atoms with Crippen LogP contribution in [0, 0.1) is 5.92 Å². The first kappa shape index (κ1) is 19.5. The summed E-state index contributed by atoms with van der Waals surface area (Å²) in [6, 6.07) is 8.84. The van der Waals surface area contributed by atoms with E-state index in [4.69, 9.17) is 0 Å². The molecule has 6 heteroatoms. The summed E-state index contributed by atoms with van der Waals surface area (Å²) in [6.07, 6.45) is 1.13. The first-order valence-electron chi connectivity index (χ1n) is 7.56. The lowest BCUT2D eigenvalue weighted by molar-refractivity contribution is 0.595. The molecule has 1 heterocycles. The van der Waals surface area contributed by atoms with Crippen LogP contribution in [0.25, 0.3) is 0 Å². The van der Waals surface area contributed by atoms with E-state index in [1.165, 1.54) is 5.69 Å². The number of nitrogens with zero attached hydrogens (tertiary/aromatic N) is 2. The van der Waals surface area contributed by atoms with E-state index in [1.54, 1.807) is 0 Å². The van der Waals surface area contributed by atoms with Crippen LogP contribution in [0.5, 0.6) is 0 Å². The zero-order valence-electron chi connectivity index (χ0n) is 13.5. The van der Waals surface area contributed by atoms with Gasteiger partial charge in [-0.2, -0.15) is 0 Å². The lowest BCUT2D eigenvalue weighted by atomic mass is 10.2. The van der Waals surface area contributed by atoms with Crippen molar-refractivity contribution in [3.05, 3.63) is 28.7 Å². The summed E-state index contributed by atoms with van der Waals surface area (Å²) in [6.45, 7) is 7.42. The number of guanidine groups is 1. The van der Waals surface area contributed by atoms with Gasteiger partial charge in [-0.15, -0.1) is 24.0 Å². The Morgan fingerprint density at radius 3 is 2.77 bits per heavy atom. The Hall–Kier alpha value is -0.500. The Bertz CT molecular complexity index is 493. The van der Waals surface area contributed by atoms with Crippen molar-refractivity contribution >= 4 is 51.6 Å². The van der Waals surface area contributed by atoms with Gasteiger partial charge in [-0.25, -0.2) is 0 Å². The molecule has 0 bridgehead atoms. The maximum atomic E-state index is 4.31. The highest BCUT2D eigenvalue weighted by Gasteiger charge is 2.24. The van der Waals surface area contributed by atoms with Gasteiger partial charge in [-0.3, -0.25) is 4.99 Å². The normalized spacial score (nSPS) is 18.3. The molecule has 1 fully saturated rings. The van der Waals surface area contributed by atoms with Gasteiger partial charge in [0.15, 0.2) is 5.96 Å². The van der Waals surface area contributed by atoms with Gasteiger partial charge < -0.3 is 15.5 Å². The molecule has 124 valence electrons. The minimum atomic E-state index is 0. The number of para-hydroxylation sites is 1. The number of hydrogen-bond acceptors (Lipinski definition) is 2. The molecule has 2 N–H and O–H groups in total. The molecule has 0 amide bonds. The van der Waals surface area contributed by atoms with Crippen LogP contribution >= 0.6 is 39.9 Å². The van der Waals surface area contributed by atoms with E-state index in [1.807, 2.05) is 7.05 Å². The third kappa shape index (κ3) is 5.61. The highest BCUT2D eigenvalue weighted by molar-refractivity contribution is 14.0. The molecule has 1 atom stereocenters. The first-order chi connectivity index (χ1) is 10.1. The number of hydrogen-bond donors (Lipinski definition) is 2. The summed E-state index contributed by atoms with van der Waals surface area (Å²) in [5.41, 5.74) is 1.27. The van der Waals surface area contributed by atoms with Crippen LogP contribution in [0.2, 0.25) is 0 Å². The van der Waals surface area contributed by atoms with Gasteiger partial charge >= 0.3 is 0 Å². The van der Waals surface area contributed by atoms with E-state index in [-0.39, 0.29) is 24.0 Å². The minimum absolute atomic E-state index is 0. The number of aliphatic imine (C=N–C) groups is 1. The summed E-state index contributed by atoms with van der Waals surface area (Å²) < 4.78 is 1.16. The van der Waals surface area contributed by atoms with Crippen LogP contribution in [-0.4, -0.2) is 38.7 Å². The second-order valence-corrected chi connectivity index (χ2v) is 6.73. The number of anilines is 1. The van der Waals surface area contributed by atoms with Crippen molar-refractivity contribution in [3.8, 4) is 0 Å². The molecule has 0 aromatic heterocycles. The van der Waals surface area contributed by atoms with Gasteiger partial charge in [-0.1, -0.05) is 26.0 Å². The van der Waals surface area contributed by atoms with Crippen molar-refractivity contribution in [2.45, 2.75) is 26.3 Å². The average molecular weight is 481 g/mol. The maximum Gasteiger partial charge on any atom is 0.191 e.